The average molecular weight is 451 g/mol. The van der Waals surface area contributed by atoms with Crippen molar-refractivity contribution in [2.75, 3.05) is 11.4 Å². The molecule has 0 unspecified atom stereocenters. The van der Waals surface area contributed by atoms with Crippen molar-refractivity contribution < 1.29 is 22.3 Å². The minimum Gasteiger partial charge on any atom is -0.434 e. The lowest BCUT2D eigenvalue weighted by molar-refractivity contribution is -0.0503. The van der Waals surface area contributed by atoms with Gasteiger partial charge in [-0.25, -0.2) is 8.78 Å². The molecule has 1 aromatic rings. The van der Waals surface area contributed by atoms with Gasteiger partial charge in [0.2, 0.25) is 0 Å². The molecule has 3 rings (SSSR count). The average Bonchev–Trinajstić information content (AvgIpc) is 2.62. The summed E-state index contributed by atoms with van der Waals surface area (Å²) >= 11 is 3.28. The summed E-state index contributed by atoms with van der Waals surface area (Å²) in [5.41, 5.74) is 1.81. The highest BCUT2D eigenvalue weighted by Crippen LogP contribution is 2.39. The Morgan fingerprint density at radius 2 is 1.85 bits per heavy atom. The predicted molar refractivity (Wildman–Crippen MR) is 102 cm³/mol. The van der Waals surface area contributed by atoms with Crippen molar-refractivity contribution in [2.24, 2.45) is 0 Å². The molecule has 1 heterocycles. The van der Waals surface area contributed by atoms with Crippen LogP contribution < -0.4 is 15.0 Å². The largest absolute Gasteiger partial charge is 0.434 e. The third kappa shape index (κ3) is 4.96. The Hall–Kier alpha value is -1.28. The smallest absolute Gasteiger partial charge is 0.387 e. The van der Waals surface area contributed by atoms with Gasteiger partial charge >= 0.3 is 6.61 Å². The summed E-state index contributed by atoms with van der Waals surface area (Å²) in [5, 5.41) is 3.01. The van der Waals surface area contributed by atoms with Crippen LogP contribution in [0.15, 0.2) is 22.7 Å². The molecule has 1 atom stereocenters. The van der Waals surface area contributed by atoms with E-state index in [0.29, 0.717) is 11.0 Å². The Kier molecular flexibility index (Phi) is 6.68. The molecule has 1 saturated carbocycles. The van der Waals surface area contributed by atoms with Gasteiger partial charge in [-0.05, 0) is 60.2 Å². The highest BCUT2D eigenvalue weighted by molar-refractivity contribution is 9.10. The Balaban J connectivity index is 1.70. The first-order chi connectivity index (χ1) is 12.8. The van der Waals surface area contributed by atoms with Gasteiger partial charge in [-0.1, -0.05) is 12.2 Å². The van der Waals surface area contributed by atoms with Crippen LogP contribution in [0, 0.1) is 0 Å². The van der Waals surface area contributed by atoms with Crippen molar-refractivity contribution in [2.45, 2.75) is 63.8 Å². The molecule has 0 bridgehead atoms. The summed E-state index contributed by atoms with van der Waals surface area (Å²) in [6.45, 7) is -0.686. The van der Waals surface area contributed by atoms with Crippen molar-refractivity contribution >= 4 is 27.7 Å². The molecular formula is C19H23BrF4N2O. The van der Waals surface area contributed by atoms with Crippen LogP contribution in [0.2, 0.25) is 0 Å². The lowest BCUT2D eigenvalue weighted by Crippen LogP contribution is -2.46. The van der Waals surface area contributed by atoms with E-state index in [4.69, 9.17) is 0 Å². The van der Waals surface area contributed by atoms with Crippen LogP contribution in [-0.2, 0) is 0 Å². The van der Waals surface area contributed by atoms with E-state index in [2.05, 4.69) is 30.9 Å². The lowest BCUT2D eigenvalue weighted by atomic mass is 9.88. The number of anilines is 1. The van der Waals surface area contributed by atoms with Gasteiger partial charge in [-0.2, -0.15) is 8.78 Å². The normalized spacial score (nSPS) is 23.6. The number of hydrogen-bond donors (Lipinski definition) is 1. The molecular weight excluding hydrogens is 428 g/mol. The van der Waals surface area contributed by atoms with E-state index in [-0.39, 0.29) is 17.8 Å². The van der Waals surface area contributed by atoms with Crippen LogP contribution in [0.25, 0.3) is 6.08 Å². The van der Waals surface area contributed by atoms with Gasteiger partial charge in [-0.15, -0.1) is 0 Å². The van der Waals surface area contributed by atoms with Gasteiger partial charge in [0.1, 0.15) is 5.75 Å². The van der Waals surface area contributed by atoms with E-state index in [9.17, 15) is 17.6 Å². The van der Waals surface area contributed by atoms with Gasteiger partial charge in [0.05, 0.1) is 10.5 Å². The van der Waals surface area contributed by atoms with Gasteiger partial charge < -0.3 is 15.0 Å². The molecule has 1 N–H and O–H groups in total. The summed E-state index contributed by atoms with van der Waals surface area (Å²) < 4.78 is 55.9. The minimum absolute atomic E-state index is 0.0905. The second kappa shape index (κ2) is 8.82. The molecule has 1 aromatic carbocycles. The number of alkyl halides is 4. The van der Waals surface area contributed by atoms with Crippen LogP contribution in [-0.4, -0.2) is 37.7 Å². The Morgan fingerprint density at radius 3 is 2.48 bits per heavy atom. The monoisotopic (exact) mass is 450 g/mol. The van der Waals surface area contributed by atoms with Gasteiger partial charge in [0.25, 0.3) is 6.43 Å². The fourth-order valence-electron chi connectivity index (χ4n) is 3.86. The SMILES string of the molecule is C[C@@H](NC1CCC(N2CC=Cc3cc(Br)c(OC(F)F)cc32)CC1)C(F)F. The number of ether oxygens (including phenoxy) is 1. The number of nitrogens with zero attached hydrogens (tertiary/aromatic N) is 1. The highest BCUT2D eigenvalue weighted by Gasteiger charge is 2.30. The Morgan fingerprint density at radius 1 is 1.15 bits per heavy atom. The highest BCUT2D eigenvalue weighted by atomic mass is 79.9. The zero-order chi connectivity index (χ0) is 19.6. The fourth-order valence-corrected chi connectivity index (χ4v) is 4.32. The number of halogens is 5. The second-order valence-electron chi connectivity index (χ2n) is 7.07. The number of nitrogens with one attached hydrogen (secondary N) is 1. The molecule has 1 fully saturated rings. The Bertz CT molecular complexity index is 678. The maximum Gasteiger partial charge on any atom is 0.387 e. The van der Waals surface area contributed by atoms with Crippen LogP contribution in [0.4, 0.5) is 23.2 Å². The van der Waals surface area contributed by atoms with Crippen LogP contribution >= 0.6 is 15.9 Å². The van der Waals surface area contributed by atoms with Gasteiger partial charge in [0, 0.05) is 30.4 Å². The molecule has 0 radical (unpaired) electrons. The molecule has 0 spiro atoms. The molecule has 150 valence electrons. The fraction of sp³-hybridized carbons (Fsp3) is 0.579. The van der Waals surface area contributed by atoms with Crippen LogP contribution in [0.3, 0.4) is 0 Å². The van der Waals surface area contributed by atoms with E-state index in [1.165, 1.54) is 6.92 Å². The lowest BCUT2D eigenvalue weighted by Gasteiger charge is -2.40. The van der Waals surface area contributed by atoms with Crippen LogP contribution in [0.1, 0.15) is 38.2 Å². The summed E-state index contributed by atoms with van der Waals surface area (Å²) in [6, 6.07) is 2.96. The van der Waals surface area contributed by atoms with E-state index in [1.54, 1.807) is 12.1 Å². The van der Waals surface area contributed by atoms with Crippen molar-refractivity contribution in [3.63, 3.8) is 0 Å². The molecule has 8 heteroatoms. The predicted octanol–water partition coefficient (Wildman–Crippen LogP) is 5.44. The Labute approximate surface area is 164 Å². The molecule has 1 aliphatic carbocycles. The number of benzene rings is 1. The van der Waals surface area contributed by atoms with Crippen molar-refractivity contribution in [3.8, 4) is 5.75 Å². The van der Waals surface area contributed by atoms with E-state index in [0.717, 1.165) is 36.9 Å². The first kappa shape index (κ1) is 20.5. The van der Waals surface area contributed by atoms with E-state index < -0.39 is 19.1 Å². The van der Waals surface area contributed by atoms with E-state index in [1.807, 2.05) is 12.2 Å². The first-order valence-corrected chi connectivity index (χ1v) is 9.90. The minimum atomic E-state index is -2.88. The maximum absolute atomic E-state index is 12.7. The van der Waals surface area contributed by atoms with E-state index >= 15 is 0 Å². The summed E-state index contributed by atoms with van der Waals surface area (Å²) in [7, 11) is 0. The molecule has 1 aliphatic heterocycles. The van der Waals surface area contributed by atoms with Crippen molar-refractivity contribution in [1.29, 1.82) is 0 Å². The number of hydrogen-bond acceptors (Lipinski definition) is 3. The summed E-state index contributed by atoms with van der Waals surface area (Å²) in [6.07, 6.45) is 5.01. The molecule has 27 heavy (non-hydrogen) atoms. The van der Waals surface area contributed by atoms with Crippen molar-refractivity contribution in [3.05, 3.63) is 28.2 Å². The molecule has 0 amide bonds. The molecule has 2 aliphatic rings. The molecule has 3 nitrogen and oxygen atoms in total. The number of rotatable bonds is 6. The third-order valence-electron chi connectivity index (χ3n) is 5.22. The second-order valence-corrected chi connectivity index (χ2v) is 7.92. The first-order valence-electron chi connectivity index (χ1n) is 9.11. The van der Waals surface area contributed by atoms with Gasteiger partial charge in [-0.3, -0.25) is 0 Å². The molecule has 0 aromatic heterocycles. The standard InChI is InChI=1S/C19H23BrF4N2O/c1-11(18(21)22)25-13-4-6-14(7-5-13)26-8-2-3-12-9-15(20)17(10-16(12)26)27-19(23)24/h2-3,9-11,13-14,18-19,25H,4-8H2,1H3/t11-,13?,14?/m1/s1. The van der Waals surface area contributed by atoms with Crippen LogP contribution in [0.5, 0.6) is 5.75 Å². The topological polar surface area (TPSA) is 24.5 Å². The zero-order valence-corrected chi connectivity index (χ0v) is 16.6. The summed E-state index contributed by atoms with van der Waals surface area (Å²) in [5.74, 6) is 0.116. The molecule has 0 saturated heterocycles. The quantitative estimate of drug-likeness (QED) is 0.584. The zero-order valence-electron chi connectivity index (χ0n) is 15.0. The van der Waals surface area contributed by atoms with Gasteiger partial charge in [0.15, 0.2) is 0 Å². The third-order valence-corrected chi connectivity index (χ3v) is 5.84. The van der Waals surface area contributed by atoms with Crippen molar-refractivity contribution in [1.82, 2.24) is 5.32 Å². The number of fused-ring (bicyclic) bond motifs is 1. The summed E-state index contributed by atoms with van der Waals surface area (Å²) in [4.78, 5) is 2.20. The maximum atomic E-state index is 12.7.